The van der Waals surface area contributed by atoms with Crippen molar-refractivity contribution in [3.05, 3.63) is 34.9 Å². The van der Waals surface area contributed by atoms with E-state index < -0.39 is 30.4 Å². The van der Waals surface area contributed by atoms with Crippen LogP contribution in [-0.4, -0.2) is 46.9 Å². The SMILES string of the molecule is CCN(CC(=O)O)C(=O)C(NC(=O)c1ccccc1Cl)C(C)C. The minimum absolute atomic E-state index is 0.197. The number of amides is 2. The molecule has 0 aliphatic heterocycles. The molecule has 2 N–H and O–H groups in total. The fourth-order valence-corrected chi connectivity index (χ4v) is 2.30. The zero-order valence-electron chi connectivity index (χ0n) is 13.4. The van der Waals surface area contributed by atoms with E-state index in [-0.39, 0.29) is 23.0 Å². The van der Waals surface area contributed by atoms with Crippen LogP contribution in [-0.2, 0) is 9.59 Å². The molecule has 126 valence electrons. The zero-order valence-corrected chi connectivity index (χ0v) is 14.1. The molecule has 23 heavy (non-hydrogen) atoms. The molecule has 1 aromatic carbocycles. The molecule has 0 aliphatic carbocycles. The number of carboxylic acids is 1. The molecule has 0 radical (unpaired) electrons. The van der Waals surface area contributed by atoms with Crippen LogP contribution in [0.3, 0.4) is 0 Å². The summed E-state index contributed by atoms with van der Waals surface area (Å²) in [7, 11) is 0. The van der Waals surface area contributed by atoms with Gasteiger partial charge in [-0.25, -0.2) is 0 Å². The van der Waals surface area contributed by atoms with Crippen molar-refractivity contribution >= 4 is 29.4 Å². The number of carbonyl (C=O) groups is 3. The molecule has 0 heterocycles. The third kappa shape index (κ3) is 5.25. The zero-order chi connectivity index (χ0) is 17.6. The predicted octanol–water partition coefficient (Wildman–Crippen LogP) is 2.03. The molecule has 0 fully saturated rings. The number of nitrogens with zero attached hydrogens (tertiary/aromatic N) is 1. The second kappa shape index (κ2) is 8.53. The molecule has 0 aliphatic rings. The summed E-state index contributed by atoms with van der Waals surface area (Å²) in [5.74, 6) is -2.18. The molecule has 7 heteroatoms. The molecule has 0 aromatic heterocycles. The minimum Gasteiger partial charge on any atom is -0.480 e. The number of likely N-dealkylation sites (N-methyl/N-ethyl adjacent to an activating group) is 1. The van der Waals surface area contributed by atoms with E-state index in [1.165, 1.54) is 4.90 Å². The lowest BCUT2D eigenvalue weighted by Gasteiger charge is -2.28. The average molecular weight is 341 g/mol. The van der Waals surface area contributed by atoms with Crippen LogP contribution in [0.2, 0.25) is 5.02 Å². The summed E-state index contributed by atoms with van der Waals surface area (Å²) in [5.41, 5.74) is 0.272. The molecule has 1 unspecified atom stereocenters. The highest BCUT2D eigenvalue weighted by Gasteiger charge is 2.29. The van der Waals surface area contributed by atoms with Crippen molar-refractivity contribution < 1.29 is 19.5 Å². The fourth-order valence-electron chi connectivity index (χ4n) is 2.08. The number of halogens is 1. The van der Waals surface area contributed by atoms with Gasteiger partial charge in [-0.05, 0) is 25.0 Å². The second-order valence-corrected chi connectivity index (χ2v) is 5.83. The third-order valence-corrected chi connectivity index (χ3v) is 3.69. The summed E-state index contributed by atoms with van der Waals surface area (Å²) in [6.07, 6.45) is 0. The van der Waals surface area contributed by atoms with Gasteiger partial charge in [-0.3, -0.25) is 14.4 Å². The van der Waals surface area contributed by atoms with Crippen LogP contribution < -0.4 is 5.32 Å². The van der Waals surface area contributed by atoms with Crippen LogP contribution in [0.25, 0.3) is 0 Å². The van der Waals surface area contributed by atoms with Crippen LogP contribution in [0.15, 0.2) is 24.3 Å². The molecular weight excluding hydrogens is 320 g/mol. The molecular formula is C16H21ClN2O4. The van der Waals surface area contributed by atoms with E-state index in [2.05, 4.69) is 5.32 Å². The largest absolute Gasteiger partial charge is 0.480 e. The number of hydrogen-bond acceptors (Lipinski definition) is 3. The summed E-state index contributed by atoms with van der Waals surface area (Å²) < 4.78 is 0. The summed E-state index contributed by atoms with van der Waals surface area (Å²) >= 11 is 5.99. The van der Waals surface area contributed by atoms with Gasteiger partial charge < -0.3 is 15.3 Å². The van der Waals surface area contributed by atoms with Gasteiger partial charge in [0.25, 0.3) is 5.91 Å². The van der Waals surface area contributed by atoms with E-state index in [0.29, 0.717) is 0 Å². The Balaban J connectivity index is 2.94. The third-order valence-electron chi connectivity index (χ3n) is 3.36. The highest BCUT2D eigenvalue weighted by atomic mass is 35.5. The lowest BCUT2D eigenvalue weighted by molar-refractivity contribution is -0.145. The number of rotatable bonds is 7. The Hall–Kier alpha value is -2.08. The first kappa shape index (κ1) is 19.0. The average Bonchev–Trinajstić information content (AvgIpc) is 2.49. The Morgan fingerprint density at radius 2 is 1.87 bits per heavy atom. The maximum Gasteiger partial charge on any atom is 0.323 e. The maximum atomic E-state index is 12.5. The standard InChI is InChI=1S/C16H21ClN2O4/c1-4-19(9-13(20)21)16(23)14(10(2)3)18-15(22)11-7-5-6-8-12(11)17/h5-8,10,14H,4,9H2,1-3H3,(H,18,22)(H,20,21). The van der Waals surface area contributed by atoms with Crippen LogP contribution in [0.5, 0.6) is 0 Å². The van der Waals surface area contributed by atoms with Gasteiger partial charge in [-0.2, -0.15) is 0 Å². The molecule has 1 rings (SSSR count). The van der Waals surface area contributed by atoms with Crippen molar-refractivity contribution in [1.82, 2.24) is 10.2 Å². The van der Waals surface area contributed by atoms with E-state index in [1.807, 2.05) is 0 Å². The number of hydrogen-bond donors (Lipinski definition) is 2. The van der Waals surface area contributed by atoms with Crippen LogP contribution >= 0.6 is 11.6 Å². The summed E-state index contributed by atoms with van der Waals surface area (Å²) in [4.78, 5) is 36.9. The molecule has 0 spiro atoms. The van der Waals surface area contributed by atoms with Crippen molar-refractivity contribution in [1.29, 1.82) is 0 Å². The second-order valence-electron chi connectivity index (χ2n) is 5.42. The summed E-state index contributed by atoms with van der Waals surface area (Å²) in [5, 5.41) is 11.8. The van der Waals surface area contributed by atoms with Crippen molar-refractivity contribution in [3.63, 3.8) is 0 Å². The number of nitrogens with one attached hydrogen (secondary N) is 1. The van der Waals surface area contributed by atoms with Crippen LogP contribution in [0, 0.1) is 5.92 Å². The summed E-state index contributed by atoms with van der Waals surface area (Å²) in [6.45, 7) is 5.10. The topological polar surface area (TPSA) is 86.7 Å². The van der Waals surface area contributed by atoms with Gasteiger partial charge in [0.2, 0.25) is 5.91 Å². The predicted molar refractivity (Wildman–Crippen MR) is 87.4 cm³/mol. The smallest absolute Gasteiger partial charge is 0.323 e. The van der Waals surface area contributed by atoms with Gasteiger partial charge in [0, 0.05) is 6.54 Å². The van der Waals surface area contributed by atoms with E-state index in [9.17, 15) is 14.4 Å². The Kier molecular flexibility index (Phi) is 7.03. The number of carbonyl (C=O) groups excluding carboxylic acids is 2. The molecule has 1 atom stereocenters. The lowest BCUT2D eigenvalue weighted by Crippen LogP contribution is -2.52. The highest BCUT2D eigenvalue weighted by molar-refractivity contribution is 6.33. The highest BCUT2D eigenvalue weighted by Crippen LogP contribution is 2.16. The van der Waals surface area contributed by atoms with E-state index in [4.69, 9.17) is 16.7 Å². The number of carboxylic acid groups (broad SMARTS) is 1. The molecule has 2 amide bonds. The van der Waals surface area contributed by atoms with Crippen molar-refractivity contribution in [2.24, 2.45) is 5.92 Å². The quantitative estimate of drug-likeness (QED) is 0.795. The number of benzene rings is 1. The fraction of sp³-hybridized carbons (Fsp3) is 0.438. The molecule has 6 nitrogen and oxygen atoms in total. The van der Waals surface area contributed by atoms with Gasteiger partial charge in [0.1, 0.15) is 12.6 Å². The maximum absolute atomic E-state index is 12.5. The summed E-state index contributed by atoms with van der Waals surface area (Å²) in [6, 6.07) is 5.71. The first-order chi connectivity index (χ1) is 10.8. The van der Waals surface area contributed by atoms with Gasteiger partial charge in [0.15, 0.2) is 0 Å². The van der Waals surface area contributed by atoms with Crippen molar-refractivity contribution in [3.8, 4) is 0 Å². The van der Waals surface area contributed by atoms with Crippen molar-refractivity contribution in [2.45, 2.75) is 26.8 Å². The normalized spacial score (nSPS) is 11.9. The van der Waals surface area contributed by atoms with Gasteiger partial charge in [-0.15, -0.1) is 0 Å². The molecule has 0 bridgehead atoms. The lowest BCUT2D eigenvalue weighted by atomic mass is 10.0. The van der Waals surface area contributed by atoms with Gasteiger partial charge in [0.05, 0.1) is 10.6 Å². The molecule has 0 saturated carbocycles. The molecule has 1 aromatic rings. The first-order valence-electron chi connectivity index (χ1n) is 7.33. The van der Waals surface area contributed by atoms with E-state index in [0.717, 1.165) is 0 Å². The Bertz CT molecular complexity index is 589. The Labute approximate surface area is 140 Å². The first-order valence-corrected chi connectivity index (χ1v) is 7.71. The van der Waals surface area contributed by atoms with Crippen LogP contribution in [0.1, 0.15) is 31.1 Å². The number of aliphatic carboxylic acids is 1. The van der Waals surface area contributed by atoms with Gasteiger partial charge in [-0.1, -0.05) is 37.6 Å². The van der Waals surface area contributed by atoms with Crippen molar-refractivity contribution in [2.75, 3.05) is 13.1 Å². The Morgan fingerprint density at radius 3 is 2.35 bits per heavy atom. The van der Waals surface area contributed by atoms with Gasteiger partial charge >= 0.3 is 5.97 Å². The molecule has 0 saturated heterocycles. The Morgan fingerprint density at radius 1 is 1.26 bits per heavy atom. The van der Waals surface area contributed by atoms with Crippen LogP contribution in [0.4, 0.5) is 0 Å². The minimum atomic E-state index is -1.10. The monoisotopic (exact) mass is 340 g/mol. The van der Waals surface area contributed by atoms with E-state index >= 15 is 0 Å². The van der Waals surface area contributed by atoms with E-state index in [1.54, 1.807) is 45.0 Å².